The molecule has 0 aromatic carbocycles. The van der Waals surface area contributed by atoms with E-state index in [1.54, 1.807) is 23.8 Å². The number of H-pyrrole nitrogens is 1. The van der Waals surface area contributed by atoms with E-state index in [0.717, 1.165) is 29.2 Å². The lowest BCUT2D eigenvalue weighted by atomic mass is 10.1. The molecule has 2 heterocycles. The van der Waals surface area contributed by atoms with Crippen molar-refractivity contribution in [2.75, 3.05) is 13.1 Å². The molecule has 2 rings (SSSR count). The van der Waals surface area contributed by atoms with Gasteiger partial charge in [0.1, 0.15) is 0 Å². The zero-order chi connectivity index (χ0) is 21.1. The zero-order valence-electron chi connectivity index (χ0n) is 18.0. The second kappa shape index (κ2) is 12.1. The molecule has 1 aliphatic rings. The Morgan fingerprint density at radius 2 is 1.96 bits per heavy atom. The first-order valence-corrected chi connectivity index (χ1v) is 10.0. The van der Waals surface area contributed by atoms with Crippen LogP contribution in [-0.2, 0) is 6.54 Å². The summed E-state index contributed by atoms with van der Waals surface area (Å²) < 4.78 is 1.68. The van der Waals surface area contributed by atoms with E-state index in [0.29, 0.717) is 17.9 Å². The number of hydrogen-bond donors (Lipinski definition) is 2. The van der Waals surface area contributed by atoms with Crippen LogP contribution in [0.25, 0.3) is 0 Å². The SMILES string of the molecule is C=C/C(CC)=C(\C=C)Cn1c(C)c(C=NC(=C)C)[nH]c1=O.CC[C@@H]1CCNC1. The topological polar surface area (TPSA) is 62.2 Å². The highest BCUT2D eigenvalue weighted by molar-refractivity contribution is 5.79. The first kappa shape index (κ1) is 23.6. The summed E-state index contributed by atoms with van der Waals surface area (Å²) in [5.41, 5.74) is 4.16. The fourth-order valence-electron chi connectivity index (χ4n) is 3.09. The fraction of sp³-hybridized carbons (Fsp3) is 0.478. The van der Waals surface area contributed by atoms with Gasteiger partial charge in [0, 0.05) is 11.4 Å². The lowest BCUT2D eigenvalue weighted by Gasteiger charge is -2.09. The molecule has 1 saturated heterocycles. The van der Waals surface area contributed by atoms with Crippen LogP contribution in [0.15, 0.2) is 58.5 Å². The normalized spacial score (nSPS) is 17.1. The molecular weight excluding hydrogens is 348 g/mol. The van der Waals surface area contributed by atoms with Crippen molar-refractivity contribution in [1.82, 2.24) is 14.9 Å². The van der Waals surface area contributed by atoms with Crippen molar-refractivity contribution in [1.29, 1.82) is 0 Å². The molecule has 154 valence electrons. The number of aromatic amines is 1. The highest BCUT2D eigenvalue weighted by Gasteiger charge is 2.11. The Morgan fingerprint density at radius 1 is 1.29 bits per heavy atom. The molecule has 2 N–H and O–H groups in total. The van der Waals surface area contributed by atoms with Crippen LogP contribution in [0.4, 0.5) is 0 Å². The Labute approximate surface area is 169 Å². The van der Waals surface area contributed by atoms with Crippen molar-refractivity contribution in [3.8, 4) is 0 Å². The van der Waals surface area contributed by atoms with Crippen LogP contribution < -0.4 is 11.0 Å². The van der Waals surface area contributed by atoms with Crippen molar-refractivity contribution in [2.45, 2.75) is 53.5 Å². The number of nitrogens with zero attached hydrogens (tertiary/aromatic N) is 2. The molecule has 5 heteroatoms. The van der Waals surface area contributed by atoms with Gasteiger partial charge in [0.25, 0.3) is 0 Å². The van der Waals surface area contributed by atoms with E-state index in [-0.39, 0.29) is 5.69 Å². The van der Waals surface area contributed by atoms with Gasteiger partial charge < -0.3 is 10.3 Å². The molecule has 0 unspecified atom stereocenters. The predicted octanol–water partition coefficient (Wildman–Crippen LogP) is 4.52. The van der Waals surface area contributed by atoms with E-state index in [1.165, 1.54) is 25.9 Å². The standard InChI is InChI=1S/C17H23N3O.C6H13N/c1-7-14(8-2)15(9-3)11-20-13(6)16(19-17(20)21)10-18-12(4)5;1-2-6-3-4-7-5-6/h7,9-10H,1,3-4,8,11H2,2,5-6H3,(H,19,21);6-7H,2-5H2,1H3/b15-14-,18-10?;/t;6-/m.1/s1. The number of aliphatic imine (C=N–C) groups is 1. The molecule has 5 nitrogen and oxygen atoms in total. The highest BCUT2D eigenvalue weighted by Crippen LogP contribution is 2.14. The van der Waals surface area contributed by atoms with Crippen LogP contribution in [-0.4, -0.2) is 28.9 Å². The van der Waals surface area contributed by atoms with Gasteiger partial charge in [0.05, 0.1) is 18.5 Å². The van der Waals surface area contributed by atoms with Gasteiger partial charge in [0.15, 0.2) is 0 Å². The summed E-state index contributed by atoms with van der Waals surface area (Å²) in [6, 6.07) is 0. The maximum Gasteiger partial charge on any atom is 0.326 e. The average Bonchev–Trinajstić information content (AvgIpc) is 3.30. The second-order valence-corrected chi connectivity index (χ2v) is 7.09. The number of rotatable bonds is 8. The Balaban J connectivity index is 0.000000467. The summed E-state index contributed by atoms with van der Waals surface area (Å²) >= 11 is 0. The number of imidazole rings is 1. The summed E-state index contributed by atoms with van der Waals surface area (Å²) in [7, 11) is 0. The van der Waals surface area contributed by atoms with Gasteiger partial charge in [-0.1, -0.05) is 52.2 Å². The van der Waals surface area contributed by atoms with E-state index < -0.39 is 0 Å². The molecule has 0 spiro atoms. The Morgan fingerprint density at radius 3 is 2.39 bits per heavy atom. The summed E-state index contributed by atoms with van der Waals surface area (Å²) in [6.07, 6.45) is 8.83. The van der Waals surface area contributed by atoms with Crippen molar-refractivity contribution < 1.29 is 0 Å². The molecule has 1 fully saturated rings. The van der Waals surface area contributed by atoms with Gasteiger partial charge in [-0.05, 0) is 56.8 Å². The first-order valence-electron chi connectivity index (χ1n) is 10.0. The van der Waals surface area contributed by atoms with Gasteiger partial charge >= 0.3 is 5.69 Å². The van der Waals surface area contributed by atoms with Gasteiger partial charge in [-0.3, -0.25) is 9.56 Å². The van der Waals surface area contributed by atoms with Crippen LogP contribution in [0.3, 0.4) is 0 Å². The van der Waals surface area contributed by atoms with Gasteiger partial charge in [-0.2, -0.15) is 0 Å². The van der Waals surface area contributed by atoms with Crippen LogP contribution in [0.1, 0.15) is 51.4 Å². The number of allylic oxidation sites excluding steroid dienone is 5. The fourth-order valence-corrected chi connectivity index (χ4v) is 3.09. The monoisotopic (exact) mass is 384 g/mol. The van der Waals surface area contributed by atoms with E-state index >= 15 is 0 Å². The molecule has 0 radical (unpaired) electrons. The lowest BCUT2D eigenvalue weighted by Crippen LogP contribution is -2.19. The number of hydrogen-bond acceptors (Lipinski definition) is 3. The third-order valence-corrected chi connectivity index (χ3v) is 5.05. The van der Waals surface area contributed by atoms with Crippen molar-refractivity contribution in [3.63, 3.8) is 0 Å². The smallest absolute Gasteiger partial charge is 0.316 e. The third kappa shape index (κ3) is 6.97. The van der Waals surface area contributed by atoms with Crippen LogP contribution in [0.2, 0.25) is 0 Å². The Kier molecular flexibility index (Phi) is 10.2. The van der Waals surface area contributed by atoms with Crippen molar-refractivity contribution in [2.24, 2.45) is 10.9 Å². The minimum absolute atomic E-state index is 0.158. The Bertz CT molecular complexity index is 786. The lowest BCUT2D eigenvalue weighted by molar-refractivity contribution is 0.563. The average molecular weight is 385 g/mol. The predicted molar refractivity (Wildman–Crippen MR) is 121 cm³/mol. The van der Waals surface area contributed by atoms with E-state index in [9.17, 15) is 4.79 Å². The van der Waals surface area contributed by atoms with Crippen LogP contribution in [0.5, 0.6) is 0 Å². The van der Waals surface area contributed by atoms with Crippen LogP contribution >= 0.6 is 0 Å². The summed E-state index contributed by atoms with van der Waals surface area (Å²) in [4.78, 5) is 19.0. The summed E-state index contributed by atoms with van der Waals surface area (Å²) in [6.45, 7) is 22.3. The van der Waals surface area contributed by atoms with E-state index in [1.807, 2.05) is 13.0 Å². The van der Waals surface area contributed by atoms with Gasteiger partial charge in [-0.15, -0.1) is 0 Å². The zero-order valence-corrected chi connectivity index (χ0v) is 18.0. The molecule has 1 aromatic heterocycles. The van der Waals surface area contributed by atoms with E-state index in [4.69, 9.17) is 0 Å². The molecule has 0 saturated carbocycles. The molecule has 1 atom stereocenters. The molecule has 28 heavy (non-hydrogen) atoms. The minimum atomic E-state index is -0.158. The maximum absolute atomic E-state index is 12.1. The third-order valence-electron chi connectivity index (χ3n) is 5.05. The van der Waals surface area contributed by atoms with Crippen LogP contribution in [0, 0.1) is 12.8 Å². The quantitative estimate of drug-likeness (QED) is 0.511. The highest BCUT2D eigenvalue weighted by atomic mass is 16.1. The van der Waals surface area contributed by atoms with E-state index in [2.05, 4.69) is 48.9 Å². The summed E-state index contributed by atoms with van der Waals surface area (Å²) in [5, 5.41) is 3.32. The van der Waals surface area contributed by atoms with Crippen molar-refractivity contribution >= 4 is 6.21 Å². The molecule has 0 amide bonds. The maximum atomic E-state index is 12.1. The number of nitrogens with one attached hydrogen (secondary N) is 2. The molecule has 0 aliphatic carbocycles. The van der Waals surface area contributed by atoms with Crippen molar-refractivity contribution in [3.05, 3.63) is 70.6 Å². The molecule has 0 bridgehead atoms. The second-order valence-electron chi connectivity index (χ2n) is 7.09. The first-order chi connectivity index (χ1) is 13.4. The molecule has 1 aromatic rings. The number of aromatic nitrogens is 2. The molecular formula is C23H36N4O. The molecule has 1 aliphatic heterocycles. The van der Waals surface area contributed by atoms with Gasteiger partial charge in [0.2, 0.25) is 0 Å². The largest absolute Gasteiger partial charge is 0.326 e. The summed E-state index contributed by atoms with van der Waals surface area (Å²) in [5.74, 6) is 0.986. The Hall–Kier alpha value is -2.40. The van der Waals surface area contributed by atoms with Gasteiger partial charge in [-0.25, -0.2) is 4.79 Å². The minimum Gasteiger partial charge on any atom is -0.316 e.